The Bertz CT molecular complexity index is 812. The smallest absolute Gasteiger partial charge is 0.203 e. The monoisotopic (exact) mass is 276 g/mol. The number of fused-ring (bicyclic) bond motifs is 1. The van der Waals surface area contributed by atoms with E-state index in [-0.39, 0.29) is 0 Å². The standard InChI is InChI=1S/C17H19BN3/c1-3-20-15-6-4-5-7-16(15)21(17(20)19)12-13-8-10-14(18-2)11-9-13/h4-11,19H,3,12H2,1-2H3. The van der Waals surface area contributed by atoms with Crippen molar-refractivity contribution in [2.75, 3.05) is 0 Å². The van der Waals surface area contributed by atoms with Gasteiger partial charge in [0.2, 0.25) is 5.62 Å². The van der Waals surface area contributed by atoms with E-state index in [9.17, 15) is 0 Å². The quantitative estimate of drug-likeness (QED) is 0.710. The highest BCUT2D eigenvalue weighted by Crippen LogP contribution is 2.14. The van der Waals surface area contributed by atoms with Crippen LogP contribution < -0.4 is 11.1 Å². The first-order valence-corrected chi connectivity index (χ1v) is 7.35. The van der Waals surface area contributed by atoms with Gasteiger partial charge in [-0.3, -0.25) is 5.41 Å². The number of para-hydroxylation sites is 2. The number of benzene rings is 2. The van der Waals surface area contributed by atoms with Gasteiger partial charge in [0, 0.05) is 6.54 Å². The minimum Gasteiger partial charge on any atom is -0.311 e. The van der Waals surface area contributed by atoms with Gasteiger partial charge in [0.15, 0.2) is 0 Å². The van der Waals surface area contributed by atoms with E-state index >= 15 is 0 Å². The lowest BCUT2D eigenvalue weighted by atomic mass is 9.73. The molecule has 3 aromatic rings. The summed E-state index contributed by atoms with van der Waals surface area (Å²) in [6.45, 7) is 5.67. The maximum absolute atomic E-state index is 8.42. The molecule has 1 heterocycles. The third-order valence-electron chi connectivity index (χ3n) is 3.94. The van der Waals surface area contributed by atoms with Crippen molar-refractivity contribution in [1.82, 2.24) is 9.13 Å². The molecule has 3 rings (SSSR count). The largest absolute Gasteiger partial charge is 0.311 e. The van der Waals surface area contributed by atoms with E-state index in [0.29, 0.717) is 5.62 Å². The first kappa shape index (κ1) is 13.7. The van der Waals surface area contributed by atoms with Crippen molar-refractivity contribution in [3.63, 3.8) is 0 Å². The van der Waals surface area contributed by atoms with Crippen LogP contribution >= 0.6 is 0 Å². The van der Waals surface area contributed by atoms with Gasteiger partial charge in [-0.05, 0) is 24.6 Å². The summed E-state index contributed by atoms with van der Waals surface area (Å²) in [5.74, 6) is 0. The Kier molecular flexibility index (Phi) is 3.69. The Morgan fingerprint density at radius 3 is 2.14 bits per heavy atom. The van der Waals surface area contributed by atoms with Gasteiger partial charge in [0.25, 0.3) is 0 Å². The fraction of sp³-hybridized carbons (Fsp3) is 0.235. The summed E-state index contributed by atoms with van der Waals surface area (Å²) < 4.78 is 4.12. The van der Waals surface area contributed by atoms with Crippen molar-refractivity contribution in [3.8, 4) is 0 Å². The van der Waals surface area contributed by atoms with Gasteiger partial charge < -0.3 is 9.13 Å². The first-order valence-electron chi connectivity index (χ1n) is 7.35. The van der Waals surface area contributed by atoms with Crippen LogP contribution in [0.15, 0.2) is 48.5 Å². The molecule has 1 radical (unpaired) electrons. The van der Waals surface area contributed by atoms with Crippen LogP contribution in [0, 0.1) is 5.41 Å². The highest BCUT2D eigenvalue weighted by Gasteiger charge is 2.09. The van der Waals surface area contributed by atoms with Gasteiger partial charge in [0.1, 0.15) is 7.28 Å². The van der Waals surface area contributed by atoms with E-state index in [4.69, 9.17) is 5.41 Å². The fourth-order valence-corrected chi connectivity index (χ4v) is 2.77. The molecule has 0 fully saturated rings. The Balaban J connectivity index is 2.07. The van der Waals surface area contributed by atoms with Crippen LogP contribution in [0.25, 0.3) is 11.0 Å². The molecule has 2 aromatic carbocycles. The van der Waals surface area contributed by atoms with Crippen LogP contribution in [0.4, 0.5) is 0 Å². The van der Waals surface area contributed by atoms with Crippen LogP contribution in [0.3, 0.4) is 0 Å². The second-order valence-corrected chi connectivity index (χ2v) is 5.17. The number of hydrogen-bond donors (Lipinski definition) is 1. The molecule has 0 saturated carbocycles. The minimum absolute atomic E-state index is 0.560. The number of aromatic nitrogens is 2. The van der Waals surface area contributed by atoms with Crippen LogP contribution in [0.2, 0.25) is 6.82 Å². The Morgan fingerprint density at radius 1 is 0.952 bits per heavy atom. The second-order valence-electron chi connectivity index (χ2n) is 5.17. The van der Waals surface area contributed by atoms with Crippen molar-refractivity contribution in [1.29, 1.82) is 5.41 Å². The van der Waals surface area contributed by atoms with Gasteiger partial charge in [-0.25, -0.2) is 0 Å². The van der Waals surface area contributed by atoms with E-state index < -0.39 is 0 Å². The number of hydrogen-bond acceptors (Lipinski definition) is 1. The highest BCUT2D eigenvalue weighted by atomic mass is 15.2. The van der Waals surface area contributed by atoms with Crippen LogP contribution in [0.1, 0.15) is 12.5 Å². The number of imidazole rings is 1. The third-order valence-corrected chi connectivity index (χ3v) is 3.94. The van der Waals surface area contributed by atoms with Gasteiger partial charge in [-0.1, -0.05) is 48.7 Å². The zero-order valence-corrected chi connectivity index (χ0v) is 12.5. The number of nitrogens with one attached hydrogen (secondary N) is 1. The maximum Gasteiger partial charge on any atom is 0.203 e. The molecule has 0 saturated heterocycles. The van der Waals surface area contributed by atoms with Crippen LogP contribution in [-0.4, -0.2) is 16.4 Å². The molecule has 1 aromatic heterocycles. The average molecular weight is 276 g/mol. The molecular weight excluding hydrogens is 257 g/mol. The van der Waals surface area contributed by atoms with Crippen molar-refractivity contribution >= 4 is 23.8 Å². The number of rotatable bonds is 4. The SMILES string of the molecule is C[B]c1ccc(Cn2c(=N)n(CC)c3ccccc32)cc1. The highest BCUT2D eigenvalue weighted by molar-refractivity contribution is 6.51. The van der Waals surface area contributed by atoms with Gasteiger partial charge in [0.05, 0.1) is 17.6 Å². The van der Waals surface area contributed by atoms with Crippen LogP contribution in [0.5, 0.6) is 0 Å². The summed E-state index contributed by atoms with van der Waals surface area (Å²) in [7, 11) is 2.09. The maximum atomic E-state index is 8.42. The van der Waals surface area contributed by atoms with E-state index in [0.717, 1.165) is 24.1 Å². The predicted molar refractivity (Wildman–Crippen MR) is 88.3 cm³/mol. The van der Waals surface area contributed by atoms with Crippen molar-refractivity contribution in [2.45, 2.75) is 26.8 Å². The molecule has 3 nitrogen and oxygen atoms in total. The molecule has 0 atom stereocenters. The third kappa shape index (κ3) is 2.42. The number of nitrogens with zero attached hydrogens (tertiary/aromatic N) is 2. The molecule has 0 aliphatic heterocycles. The van der Waals surface area contributed by atoms with Crippen molar-refractivity contribution < 1.29 is 0 Å². The van der Waals surface area contributed by atoms with E-state index in [1.807, 2.05) is 23.5 Å². The molecule has 0 bridgehead atoms. The lowest BCUT2D eigenvalue weighted by Gasteiger charge is -2.06. The Labute approximate surface area is 125 Å². The summed E-state index contributed by atoms with van der Waals surface area (Å²) >= 11 is 0. The molecule has 1 N–H and O–H groups in total. The lowest BCUT2D eigenvalue weighted by Crippen LogP contribution is -2.24. The summed E-state index contributed by atoms with van der Waals surface area (Å²) in [6, 6.07) is 16.8. The summed E-state index contributed by atoms with van der Waals surface area (Å²) in [5.41, 5.74) is 5.26. The topological polar surface area (TPSA) is 33.7 Å². The van der Waals surface area contributed by atoms with Crippen molar-refractivity contribution in [3.05, 3.63) is 59.7 Å². The Hall–Kier alpha value is -2.23. The first-order chi connectivity index (χ1) is 10.2. The molecular formula is C17H19BN3. The molecule has 4 heteroatoms. The molecule has 21 heavy (non-hydrogen) atoms. The molecule has 0 amide bonds. The van der Waals surface area contributed by atoms with E-state index in [1.165, 1.54) is 11.0 Å². The van der Waals surface area contributed by atoms with Gasteiger partial charge in [-0.15, -0.1) is 0 Å². The fourth-order valence-electron chi connectivity index (χ4n) is 2.77. The molecule has 105 valence electrons. The molecule has 0 aliphatic carbocycles. The van der Waals surface area contributed by atoms with Crippen molar-refractivity contribution in [2.24, 2.45) is 0 Å². The van der Waals surface area contributed by atoms with Gasteiger partial charge >= 0.3 is 0 Å². The second kappa shape index (κ2) is 5.64. The summed E-state index contributed by atoms with van der Waals surface area (Å²) in [6.07, 6.45) is 0. The summed E-state index contributed by atoms with van der Waals surface area (Å²) in [4.78, 5) is 0. The van der Waals surface area contributed by atoms with E-state index in [1.54, 1.807) is 0 Å². The Morgan fingerprint density at radius 2 is 1.57 bits per heavy atom. The number of aryl methyl sites for hydroxylation is 1. The van der Waals surface area contributed by atoms with E-state index in [2.05, 4.69) is 55.2 Å². The zero-order chi connectivity index (χ0) is 14.8. The van der Waals surface area contributed by atoms with Gasteiger partial charge in [-0.2, -0.15) is 0 Å². The summed E-state index contributed by atoms with van der Waals surface area (Å²) in [5, 5.41) is 8.42. The molecule has 0 spiro atoms. The average Bonchev–Trinajstić information content (AvgIpc) is 2.80. The normalized spacial score (nSPS) is 11.0. The van der Waals surface area contributed by atoms with Crippen LogP contribution in [-0.2, 0) is 13.1 Å². The minimum atomic E-state index is 0.560. The zero-order valence-electron chi connectivity index (χ0n) is 12.5. The molecule has 0 aliphatic rings. The predicted octanol–water partition coefficient (Wildman–Crippen LogP) is 2.37. The lowest BCUT2D eigenvalue weighted by molar-refractivity contribution is 0.650. The molecule has 0 unspecified atom stereocenters.